The van der Waals surface area contributed by atoms with Gasteiger partial charge >= 0.3 is 5.97 Å². The molecule has 4 nitrogen and oxygen atoms in total. The quantitative estimate of drug-likeness (QED) is 0.915. The molecule has 0 saturated heterocycles. The van der Waals surface area contributed by atoms with Crippen molar-refractivity contribution in [1.82, 2.24) is 0 Å². The number of halogens is 1. The van der Waals surface area contributed by atoms with Crippen LogP contribution < -0.4 is 0 Å². The van der Waals surface area contributed by atoms with Crippen molar-refractivity contribution in [3.8, 4) is 0 Å². The lowest BCUT2D eigenvalue weighted by molar-refractivity contribution is -0.138. The number of hydrogen-bond acceptors (Lipinski definition) is 3. The molecular weight excluding hydrogens is 320 g/mol. The number of carbonyl (C=O) groups is 1. The van der Waals surface area contributed by atoms with Crippen molar-refractivity contribution < 1.29 is 18.3 Å². The normalized spacial score (nSPS) is 26.9. The Bertz CT molecular complexity index is 564. The summed E-state index contributed by atoms with van der Waals surface area (Å²) in [6.07, 6.45) is 0. The predicted molar refractivity (Wildman–Crippen MR) is 71.3 cm³/mol. The first-order valence-corrected chi connectivity index (χ1v) is 8.09. The first-order chi connectivity index (χ1) is 8.38. The highest BCUT2D eigenvalue weighted by Crippen LogP contribution is 2.52. The molecule has 1 aromatic rings. The molecule has 1 N–H and O–H groups in total. The van der Waals surface area contributed by atoms with Gasteiger partial charge in [0.1, 0.15) is 0 Å². The number of hydrogen-bond donors (Lipinski definition) is 1. The van der Waals surface area contributed by atoms with Crippen LogP contribution in [0.1, 0.15) is 18.4 Å². The average molecular weight is 333 g/mol. The summed E-state index contributed by atoms with van der Waals surface area (Å²) >= 11 is 3.29. The molecule has 3 atom stereocenters. The Kier molecular flexibility index (Phi) is 3.51. The molecule has 1 aliphatic rings. The second kappa shape index (κ2) is 4.66. The minimum Gasteiger partial charge on any atom is -0.481 e. The third kappa shape index (κ3) is 2.31. The third-order valence-corrected chi connectivity index (χ3v) is 6.06. The van der Waals surface area contributed by atoms with Crippen LogP contribution in [0.5, 0.6) is 0 Å². The van der Waals surface area contributed by atoms with Crippen LogP contribution in [0.25, 0.3) is 0 Å². The van der Waals surface area contributed by atoms with E-state index in [9.17, 15) is 13.2 Å². The van der Waals surface area contributed by atoms with Gasteiger partial charge in [0, 0.05) is 16.1 Å². The van der Waals surface area contributed by atoms with Gasteiger partial charge in [-0.3, -0.25) is 4.79 Å². The molecule has 0 radical (unpaired) electrons. The molecule has 98 valence electrons. The van der Waals surface area contributed by atoms with E-state index >= 15 is 0 Å². The highest BCUT2D eigenvalue weighted by atomic mass is 79.9. The van der Waals surface area contributed by atoms with Crippen LogP contribution in [0.4, 0.5) is 0 Å². The zero-order valence-electron chi connectivity index (χ0n) is 9.71. The number of rotatable bonds is 4. The molecule has 0 spiro atoms. The summed E-state index contributed by atoms with van der Waals surface area (Å²) in [5.41, 5.74) is 0.771. The SMILES string of the molecule is CCS(=O)(=O)[C@@H]1[C@H](C(=O)O)[C@H]1c1ccc(Br)cc1. The zero-order valence-corrected chi connectivity index (χ0v) is 12.1. The maximum absolute atomic E-state index is 11.9. The third-order valence-electron chi connectivity index (χ3n) is 3.31. The lowest BCUT2D eigenvalue weighted by Gasteiger charge is -2.00. The van der Waals surface area contributed by atoms with E-state index in [2.05, 4.69) is 15.9 Å². The van der Waals surface area contributed by atoms with Crippen molar-refractivity contribution in [3.05, 3.63) is 34.3 Å². The molecule has 0 unspecified atom stereocenters. The van der Waals surface area contributed by atoms with E-state index in [1.165, 1.54) is 0 Å². The first kappa shape index (κ1) is 13.5. The molecule has 1 aromatic carbocycles. The Morgan fingerprint density at radius 2 is 1.89 bits per heavy atom. The Morgan fingerprint density at radius 1 is 1.33 bits per heavy atom. The molecule has 2 rings (SSSR count). The molecule has 18 heavy (non-hydrogen) atoms. The van der Waals surface area contributed by atoms with Gasteiger partial charge in [-0.2, -0.15) is 0 Å². The van der Waals surface area contributed by atoms with Gasteiger partial charge in [-0.25, -0.2) is 8.42 Å². The van der Waals surface area contributed by atoms with Gasteiger partial charge in [-0.05, 0) is 17.7 Å². The van der Waals surface area contributed by atoms with Crippen LogP contribution in [0.2, 0.25) is 0 Å². The van der Waals surface area contributed by atoms with E-state index in [1.54, 1.807) is 31.2 Å². The van der Waals surface area contributed by atoms with Crippen molar-refractivity contribution in [1.29, 1.82) is 0 Å². The monoisotopic (exact) mass is 332 g/mol. The Hall–Kier alpha value is -0.880. The van der Waals surface area contributed by atoms with E-state index in [0.717, 1.165) is 10.0 Å². The largest absolute Gasteiger partial charge is 0.481 e. The summed E-state index contributed by atoms with van der Waals surface area (Å²) in [6.45, 7) is 1.55. The van der Waals surface area contributed by atoms with Gasteiger partial charge in [-0.15, -0.1) is 0 Å². The van der Waals surface area contributed by atoms with Gasteiger partial charge in [0.2, 0.25) is 0 Å². The maximum Gasteiger partial charge on any atom is 0.308 e. The molecule has 1 fully saturated rings. The highest BCUT2D eigenvalue weighted by molar-refractivity contribution is 9.10. The second-order valence-corrected chi connectivity index (χ2v) is 7.72. The standard InChI is InChI=1S/C12H13BrO4S/c1-2-18(16,17)11-9(10(11)12(14)15)7-3-5-8(13)6-4-7/h3-6,9-11H,2H2,1H3,(H,14,15)/t9-,10-,11+/m1/s1. The van der Waals surface area contributed by atoms with E-state index in [0.29, 0.717) is 0 Å². The molecular formula is C12H13BrO4S. The first-order valence-electron chi connectivity index (χ1n) is 5.58. The van der Waals surface area contributed by atoms with E-state index in [4.69, 9.17) is 5.11 Å². The zero-order chi connectivity index (χ0) is 13.5. The number of benzene rings is 1. The molecule has 1 aliphatic carbocycles. The van der Waals surface area contributed by atoms with Crippen LogP contribution in [-0.4, -0.2) is 30.5 Å². The van der Waals surface area contributed by atoms with Crippen LogP contribution in [-0.2, 0) is 14.6 Å². The van der Waals surface area contributed by atoms with E-state index < -0.39 is 32.9 Å². The molecule has 0 aromatic heterocycles. The second-order valence-electron chi connectivity index (χ2n) is 4.36. The molecule has 6 heteroatoms. The van der Waals surface area contributed by atoms with E-state index in [-0.39, 0.29) is 5.75 Å². The summed E-state index contributed by atoms with van der Waals surface area (Å²) in [7, 11) is -3.32. The van der Waals surface area contributed by atoms with Crippen molar-refractivity contribution in [2.75, 3.05) is 5.75 Å². The Morgan fingerprint density at radius 3 is 2.33 bits per heavy atom. The number of aliphatic carboxylic acids is 1. The fourth-order valence-corrected chi connectivity index (χ4v) is 4.36. The van der Waals surface area contributed by atoms with Gasteiger partial charge < -0.3 is 5.11 Å². The van der Waals surface area contributed by atoms with Gasteiger partial charge in [0.05, 0.1) is 11.2 Å². The maximum atomic E-state index is 11.9. The average Bonchev–Trinajstić information content (AvgIpc) is 3.06. The smallest absolute Gasteiger partial charge is 0.308 e. The van der Waals surface area contributed by atoms with Crippen molar-refractivity contribution >= 4 is 31.7 Å². The molecule has 0 bridgehead atoms. The summed E-state index contributed by atoms with van der Waals surface area (Å²) < 4.78 is 24.6. The lowest BCUT2D eigenvalue weighted by atomic mass is 10.1. The van der Waals surface area contributed by atoms with Crippen molar-refractivity contribution in [3.63, 3.8) is 0 Å². The molecule has 0 heterocycles. The topological polar surface area (TPSA) is 71.4 Å². The minimum absolute atomic E-state index is 0.0194. The minimum atomic E-state index is -3.32. The summed E-state index contributed by atoms with van der Waals surface area (Å²) in [6, 6.07) is 7.14. The summed E-state index contributed by atoms with van der Waals surface area (Å²) in [5.74, 6) is -2.28. The highest BCUT2D eigenvalue weighted by Gasteiger charge is 2.62. The van der Waals surface area contributed by atoms with Gasteiger partial charge in [0.15, 0.2) is 9.84 Å². The van der Waals surface area contributed by atoms with Crippen molar-refractivity contribution in [2.24, 2.45) is 5.92 Å². The van der Waals surface area contributed by atoms with Crippen molar-refractivity contribution in [2.45, 2.75) is 18.1 Å². The fraction of sp³-hybridized carbons (Fsp3) is 0.417. The number of sulfone groups is 1. The van der Waals surface area contributed by atoms with Crippen LogP contribution in [0.15, 0.2) is 28.7 Å². The lowest BCUT2D eigenvalue weighted by Crippen LogP contribution is -2.14. The van der Waals surface area contributed by atoms with Crippen LogP contribution in [0.3, 0.4) is 0 Å². The number of carboxylic acids is 1. The van der Waals surface area contributed by atoms with Crippen LogP contribution in [0, 0.1) is 5.92 Å². The van der Waals surface area contributed by atoms with Crippen LogP contribution >= 0.6 is 15.9 Å². The van der Waals surface area contributed by atoms with Gasteiger partial charge in [-0.1, -0.05) is 35.0 Å². The summed E-state index contributed by atoms with van der Waals surface area (Å²) in [5, 5.41) is 8.32. The Labute approximate surface area is 114 Å². The van der Waals surface area contributed by atoms with Gasteiger partial charge in [0.25, 0.3) is 0 Å². The fourth-order valence-electron chi connectivity index (χ4n) is 2.30. The molecule has 1 saturated carbocycles. The predicted octanol–water partition coefficient (Wildman–Crippen LogP) is 2.05. The Balaban J connectivity index is 2.33. The molecule has 0 aliphatic heterocycles. The van der Waals surface area contributed by atoms with E-state index in [1.807, 2.05) is 0 Å². The molecule has 0 amide bonds. The summed E-state index contributed by atoms with van der Waals surface area (Å²) in [4.78, 5) is 11.1. The number of carboxylic acid groups (broad SMARTS) is 1.